The maximum absolute atomic E-state index is 13.1. The Kier molecular flexibility index (Phi) is 7.57. The van der Waals surface area contributed by atoms with E-state index in [0.717, 1.165) is 24.8 Å². The van der Waals surface area contributed by atoms with Crippen molar-refractivity contribution in [2.24, 2.45) is 22.7 Å². The van der Waals surface area contributed by atoms with Crippen LogP contribution in [-0.4, -0.2) is 23.6 Å². The number of benzene rings is 2. The van der Waals surface area contributed by atoms with Crippen LogP contribution in [0, 0.1) is 30.1 Å². The standard InChI is InChI=1S/C30H33ClN2O3/c1-6-30(12-13-30)23-9-7-8-22(16-23)28(35)33-27-17-24(10-11-26(27)31)36-29-25(19(3)14-20(4)34)15-18(2)21(5)32-29/h1,7-11,16-19,21,25H,12-15H2,2-5H3,(H,33,35)/t18?,19-,21?,25?/m1/s1. The van der Waals surface area contributed by atoms with E-state index in [4.69, 9.17) is 27.8 Å². The Bertz CT molecular complexity index is 1240. The first-order valence-corrected chi connectivity index (χ1v) is 12.9. The lowest BCUT2D eigenvalue weighted by molar-refractivity contribution is -0.118. The van der Waals surface area contributed by atoms with Crippen LogP contribution in [-0.2, 0) is 10.2 Å². The largest absolute Gasteiger partial charge is 0.443 e. The van der Waals surface area contributed by atoms with Gasteiger partial charge in [0, 0.05) is 24.0 Å². The van der Waals surface area contributed by atoms with Crippen molar-refractivity contribution in [1.29, 1.82) is 0 Å². The van der Waals surface area contributed by atoms with E-state index in [0.29, 0.717) is 40.3 Å². The zero-order valence-corrected chi connectivity index (χ0v) is 22.1. The molecule has 4 atom stereocenters. The minimum atomic E-state index is -0.269. The van der Waals surface area contributed by atoms with Gasteiger partial charge in [0.25, 0.3) is 5.91 Å². The number of carbonyl (C=O) groups is 2. The van der Waals surface area contributed by atoms with Crippen LogP contribution in [0.3, 0.4) is 0 Å². The van der Waals surface area contributed by atoms with Crippen LogP contribution in [0.15, 0.2) is 47.5 Å². The molecule has 2 aliphatic rings. The second kappa shape index (κ2) is 10.5. The molecule has 0 aromatic heterocycles. The Hall–Kier alpha value is -3.10. The number of ketones is 1. The average molecular weight is 505 g/mol. The number of aliphatic imine (C=N–C) groups is 1. The van der Waals surface area contributed by atoms with Crippen molar-refractivity contribution < 1.29 is 14.3 Å². The molecule has 5 nitrogen and oxygen atoms in total. The van der Waals surface area contributed by atoms with Crippen LogP contribution in [0.4, 0.5) is 5.69 Å². The van der Waals surface area contributed by atoms with Gasteiger partial charge < -0.3 is 14.8 Å². The summed E-state index contributed by atoms with van der Waals surface area (Å²) in [4.78, 5) is 29.6. The smallest absolute Gasteiger partial charge is 0.255 e. The molecule has 3 unspecified atom stereocenters. The van der Waals surface area contributed by atoms with Crippen molar-refractivity contribution in [2.75, 3.05) is 5.32 Å². The molecule has 0 spiro atoms. The summed E-state index contributed by atoms with van der Waals surface area (Å²) in [5, 5.41) is 3.32. The average Bonchev–Trinajstić information content (AvgIpc) is 3.64. The van der Waals surface area contributed by atoms with E-state index in [9.17, 15) is 9.59 Å². The van der Waals surface area contributed by atoms with E-state index in [-0.39, 0.29) is 35.0 Å². The lowest BCUT2D eigenvalue weighted by Crippen LogP contribution is -2.36. The lowest BCUT2D eigenvalue weighted by Gasteiger charge is -2.33. The second-order valence-corrected chi connectivity index (χ2v) is 10.8. The number of Topliss-reactive ketones (excluding diaryl/α,β-unsaturated/α-hetero) is 1. The van der Waals surface area contributed by atoms with Crippen LogP contribution in [0.2, 0.25) is 5.02 Å². The van der Waals surface area contributed by atoms with Crippen molar-refractivity contribution in [3.8, 4) is 18.1 Å². The van der Waals surface area contributed by atoms with E-state index < -0.39 is 0 Å². The monoisotopic (exact) mass is 504 g/mol. The maximum atomic E-state index is 13.1. The molecule has 0 radical (unpaired) electrons. The molecule has 188 valence electrons. The number of halogens is 1. The van der Waals surface area contributed by atoms with Gasteiger partial charge in [-0.25, -0.2) is 0 Å². The molecule has 1 fully saturated rings. The summed E-state index contributed by atoms with van der Waals surface area (Å²) in [5.74, 6) is 4.48. The fraction of sp³-hybridized carbons (Fsp3) is 0.433. The molecule has 0 saturated heterocycles. The van der Waals surface area contributed by atoms with Crippen molar-refractivity contribution in [2.45, 2.75) is 64.8 Å². The maximum Gasteiger partial charge on any atom is 0.255 e. The molecule has 0 bridgehead atoms. The Labute approximate surface area is 218 Å². The molecule has 1 aliphatic carbocycles. The highest BCUT2D eigenvalue weighted by Gasteiger charge is 2.42. The predicted molar refractivity (Wildman–Crippen MR) is 145 cm³/mol. The van der Waals surface area contributed by atoms with Gasteiger partial charge in [-0.15, -0.1) is 6.42 Å². The third-order valence-electron chi connectivity index (χ3n) is 7.51. The van der Waals surface area contributed by atoms with Crippen molar-refractivity contribution in [3.63, 3.8) is 0 Å². The molecule has 2 aromatic carbocycles. The van der Waals surface area contributed by atoms with Gasteiger partial charge in [0.05, 0.1) is 22.2 Å². The van der Waals surface area contributed by atoms with E-state index >= 15 is 0 Å². The van der Waals surface area contributed by atoms with E-state index in [1.807, 2.05) is 18.2 Å². The number of nitrogens with one attached hydrogen (secondary N) is 1. The SMILES string of the molecule is C#CC1(c2cccc(C(=O)Nc3cc(OC4=NC(C)C(C)CC4[C@H](C)CC(C)=O)ccc3Cl)c2)CC1. The summed E-state index contributed by atoms with van der Waals surface area (Å²) < 4.78 is 6.27. The summed E-state index contributed by atoms with van der Waals surface area (Å²) in [5.41, 5.74) is 1.72. The van der Waals surface area contributed by atoms with E-state index in [1.54, 1.807) is 31.2 Å². The van der Waals surface area contributed by atoms with Crippen molar-refractivity contribution >= 4 is 34.9 Å². The Morgan fingerprint density at radius 2 is 2.00 bits per heavy atom. The third-order valence-corrected chi connectivity index (χ3v) is 7.84. The number of terminal acetylenes is 1. The number of amides is 1. The third kappa shape index (κ3) is 5.65. The van der Waals surface area contributed by atoms with E-state index in [1.165, 1.54) is 0 Å². The quantitative estimate of drug-likeness (QED) is 0.427. The Balaban J connectivity index is 1.53. The minimum absolute atomic E-state index is 0.0439. The number of nitrogens with zero attached hydrogens (tertiary/aromatic N) is 1. The lowest BCUT2D eigenvalue weighted by atomic mass is 9.79. The minimum Gasteiger partial charge on any atom is -0.443 e. The highest BCUT2D eigenvalue weighted by Crippen LogP contribution is 2.47. The molecular formula is C30H33ClN2O3. The second-order valence-electron chi connectivity index (χ2n) is 10.4. The van der Waals surface area contributed by atoms with Crippen molar-refractivity contribution in [1.82, 2.24) is 0 Å². The van der Waals surface area contributed by atoms with Gasteiger partial charge in [0.2, 0.25) is 0 Å². The summed E-state index contributed by atoms with van der Waals surface area (Å²) in [6.07, 6.45) is 8.99. The highest BCUT2D eigenvalue weighted by molar-refractivity contribution is 6.34. The first-order valence-electron chi connectivity index (χ1n) is 12.6. The fourth-order valence-electron chi connectivity index (χ4n) is 4.87. The zero-order valence-electron chi connectivity index (χ0n) is 21.3. The highest BCUT2D eigenvalue weighted by atomic mass is 35.5. The van der Waals surface area contributed by atoms with Gasteiger partial charge in [-0.2, -0.15) is 0 Å². The van der Waals surface area contributed by atoms with Crippen LogP contribution >= 0.6 is 11.6 Å². The number of carbonyl (C=O) groups excluding carboxylic acids is 2. The topological polar surface area (TPSA) is 67.8 Å². The number of ether oxygens (including phenoxy) is 1. The summed E-state index contributed by atoms with van der Waals surface area (Å²) in [7, 11) is 0. The van der Waals surface area contributed by atoms with Gasteiger partial charge in [-0.1, -0.05) is 43.5 Å². The van der Waals surface area contributed by atoms with E-state index in [2.05, 4.69) is 32.0 Å². The van der Waals surface area contributed by atoms with Gasteiger partial charge in [0.15, 0.2) is 5.90 Å². The Morgan fingerprint density at radius 1 is 1.25 bits per heavy atom. The fourth-order valence-corrected chi connectivity index (χ4v) is 5.04. The molecule has 1 amide bonds. The van der Waals surface area contributed by atoms with Crippen LogP contribution < -0.4 is 10.1 Å². The van der Waals surface area contributed by atoms with Crippen LogP contribution in [0.5, 0.6) is 5.75 Å². The molecule has 2 aromatic rings. The molecule has 6 heteroatoms. The predicted octanol–water partition coefficient (Wildman–Crippen LogP) is 6.69. The molecule has 1 N–H and O–H groups in total. The normalized spacial score (nSPS) is 23.1. The number of rotatable bonds is 7. The molecule has 36 heavy (non-hydrogen) atoms. The van der Waals surface area contributed by atoms with Crippen LogP contribution in [0.25, 0.3) is 0 Å². The first-order chi connectivity index (χ1) is 17.1. The van der Waals surface area contributed by atoms with Gasteiger partial charge in [-0.05, 0) is 74.8 Å². The molecule has 1 heterocycles. The van der Waals surface area contributed by atoms with Crippen molar-refractivity contribution in [3.05, 3.63) is 58.6 Å². The molecule has 1 saturated carbocycles. The van der Waals surface area contributed by atoms with Gasteiger partial charge in [0.1, 0.15) is 11.5 Å². The zero-order chi connectivity index (χ0) is 26.0. The molecular weight excluding hydrogens is 472 g/mol. The number of hydrogen-bond acceptors (Lipinski definition) is 4. The molecule has 4 rings (SSSR count). The number of hydrogen-bond donors (Lipinski definition) is 1. The summed E-state index contributed by atoms with van der Waals surface area (Å²) in [6.45, 7) is 7.94. The summed E-state index contributed by atoms with van der Waals surface area (Å²) in [6, 6.07) is 12.8. The number of anilines is 1. The molecule has 1 aliphatic heterocycles. The Morgan fingerprint density at radius 3 is 2.67 bits per heavy atom. The van der Waals surface area contributed by atoms with Gasteiger partial charge in [-0.3, -0.25) is 9.79 Å². The van der Waals surface area contributed by atoms with Crippen LogP contribution in [0.1, 0.15) is 69.3 Å². The van der Waals surface area contributed by atoms with Gasteiger partial charge >= 0.3 is 0 Å². The summed E-state index contributed by atoms with van der Waals surface area (Å²) >= 11 is 6.42. The first kappa shape index (κ1) is 26.0.